The van der Waals surface area contributed by atoms with Crippen molar-refractivity contribution in [1.82, 2.24) is 25.5 Å². The molecule has 1 fully saturated rings. The first-order valence-corrected chi connectivity index (χ1v) is 11.0. The second-order valence-corrected chi connectivity index (χ2v) is 9.29. The van der Waals surface area contributed by atoms with Gasteiger partial charge in [-0.25, -0.2) is 8.42 Å². The van der Waals surface area contributed by atoms with Crippen LogP contribution in [0, 0.1) is 0 Å². The molecule has 1 amide bonds. The van der Waals surface area contributed by atoms with Crippen LogP contribution >= 0.6 is 0 Å². The van der Waals surface area contributed by atoms with Crippen molar-refractivity contribution in [1.29, 1.82) is 0 Å². The highest BCUT2D eigenvalue weighted by Gasteiger charge is 2.36. The lowest BCUT2D eigenvalue weighted by atomic mass is 9.96. The fourth-order valence-electron chi connectivity index (χ4n) is 4.11. The van der Waals surface area contributed by atoms with E-state index in [0.717, 1.165) is 12.8 Å². The van der Waals surface area contributed by atoms with Gasteiger partial charge in [0.15, 0.2) is 11.6 Å². The standard InChI is InChI=1S/C20H17N5O4S/c26-18-14-5-1-2-6-16(14)30(28,29)17-10-12(7-8-15(17)18)20(27)25-9-3-4-13(11-25)19-21-23-24-22-19/h1-2,5-8,10,13H,3-4,9,11H2,(H,21,22,23,24). The molecule has 1 N–H and O–H groups in total. The number of carbonyl (C=O) groups is 2. The second-order valence-electron chi connectivity index (χ2n) is 7.40. The fourth-order valence-corrected chi connectivity index (χ4v) is 5.79. The Balaban J connectivity index is 1.49. The van der Waals surface area contributed by atoms with Crippen molar-refractivity contribution in [3.63, 3.8) is 0 Å². The molecule has 9 nitrogen and oxygen atoms in total. The Bertz CT molecular complexity index is 1270. The van der Waals surface area contributed by atoms with Crippen LogP contribution in [-0.4, -0.2) is 58.7 Å². The van der Waals surface area contributed by atoms with E-state index in [9.17, 15) is 18.0 Å². The van der Waals surface area contributed by atoms with Crippen molar-refractivity contribution in [2.45, 2.75) is 28.6 Å². The number of amides is 1. The molecule has 1 aromatic heterocycles. The highest BCUT2D eigenvalue weighted by Crippen LogP contribution is 2.35. The number of fused-ring (bicyclic) bond motifs is 2. The fraction of sp³-hybridized carbons (Fsp3) is 0.250. The molecule has 3 aromatic rings. The lowest BCUT2D eigenvalue weighted by Crippen LogP contribution is -2.39. The van der Waals surface area contributed by atoms with E-state index in [0.29, 0.717) is 18.9 Å². The van der Waals surface area contributed by atoms with Gasteiger partial charge in [0.1, 0.15) is 0 Å². The van der Waals surface area contributed by atoms with Gasteiger partial charge in [-0.05, 0) is 43.2 Å². The molecule has 10 heteroatoms. The van der Waals surface area contributed by atoms with Crippen molar-refractivity contribution >= 4 is 21.5 Å². The van der Waals surface area contributed by atoms with Crippen LogP contribution in [0.15, 0.2) is 52.3 Å². The van der Waals surface area contributed by atoms with Gasteiger partial charge in [0.05, 0.1) is 9.79 Å². The number of piperidine rings is 1. The van der Waals surface area contributed by atoms with Gasteiger partial charge in [0.25, 0.3) is 5.91 Å². The smallest absolute Gasteiger partial charge is 0.253 e. The zero-order chi connectivity index (χ0) is 20.9. The minimum absolute atomic E-state index is 0.0257. The Morgan fingerprint density at radius 1 is 1.10 bits per heavy atom. The maximum absolute atomic E-state index is 13.1. The van der Waals surface area contributed by atoms with Crippen molar-refractivity contribution < 1.29 is 18.0 Å². The van der Waals surface area contributed by atoms with Gasteiger partial charge in [-0.1, -0.05) is 17.3 Å². The molecule has 30 heavy (non-hydrogen) atoms. The number of nitrogens with one attached hydrogen (secondary N) is 1. The summed E-state index contributed by atoms with van der Waals surface area (Å²) in [7, 11) is -3.89. The van der Waals surface area contributed by atoms with Crippen LogP contribution in [-0.2, 0) is 9.84 Å². The van der Waals surface area contributed by atoms with E-state index in [4.69, 9.17) is 0 Å². The number of sulfone groups is 1. The number of aromatic amines is 1. The summed E-state index contributed by atoms with van der Waals surface area (Å²) in [6.07, 6.45) is 1.62. The predicted molar refractivity (Wildman–Crippen MR) is 104 cm³/mol. The molecule has 2 aliphatic heterocycles. The summed E-state index contributed by atoms with van der Waals surface area (Å²) in [5.74, 6) is -0.115. The molecule has 1 saturated heterocycles. The highest BCUT2D eigenvalue weighted by molar-refractivity contribution is 7.91. The van der Waals surface area contributed by atoms with Crippen molar-refractivity contribution in [3.05, 3.63) is 65.0 Å². The number of tetrazole rings is 1. The molecule has 0 bridgehead atoms. The third-order valence-corrected chi connectivity index (χ3v) is 7.47. The first kappa shape index (κ1) is 18.6. The van der Waals surface area contributed by atoms with Crippen LogP contribution in [0.3, 0.4) is 0 Å². The summed E-state index contributed by atoms with van der Waals surface area (Å²) in [6, 6.07) is 10.4. The van der Waals surface area contributed by atoms with Gasteiger partial charge < -0.3 is 4.90 Å². The molecule has 152 valence electrons. The molecule has 0 aliphatic carbocycles. The number of benzene rings is 2. The van der Waals surface area contributed by atoms with Crippen LogP contribution in [0.4, 0.5) is 0 Å². The van der Waals surface area contributed by atoms with Crippen molar-refractivity contribution in [2.24, 2.45) is 0 Å². The Hall–Kier alpha value is -3.40. The summed E-state index contributed by atoms with van der Waals surface area (Å²) in [5.41, 5.74) is 0.481. The second kappa shape index (κ2) is 6.84. The Morgan fingerprint density at radius 3 is 2.70 bits per heavy atom. The van der Waals surface area contributed by atoms with E-state index in [1.807, 2.05) is 0 Å². The molecule has 0 saturated carbocycles. The topological polar surface area (TPSA) is 126 Å². The number of nitrogens with zero attached hydrogens (tertiary/aromatic N) is 4. The van der Waals surface area contributed by atoms with Gasteiger partial charge in [0, 0.05) is 35.7 Å². The number of H-pyrrole nitrogens is 1. The molecule has 5 rings (SSSR count). The summed E-state index contributed by atoms with van der Waals surface area (Å²) >= 11 is 0. The quantitative estimate of drug-likeness (QED) is 0.519. The van der Waals surface area contributed by atoms with Crippen LogP contribution in [0.1, 0.15) is 50.9 Å². The molecule has 2 aromatic carbocycles. The molecule has 2 aliphatic rings. The van der Waals surface area contributed by atoms with Crippen LogP contribution < -0.4 is 0 Å². The van der Waals surface area contributed by atoms with E-state index >= 15 is 0 Å². The number of ketones is 1. The number of carbonyl (C=O) groups excluding carboxylic acids is 2. The lowest BCUT2D eigenvalue weighted by Gasteiger charge is -2.31. The van der Waals surface area contributed by atoms with Gasteiger partial charge in [0.2, 0.25) is 9.84 Å². The van der Waals surface area contributed by atoms with Gasteiger partial charge >= 0.3 is 0 Å². The molecule has 0 spiro atoms. The molecule has 0 radical (unpaired) electrons. The third-order valence-electron chi connectivity index (χ3n) is 5.62. The highest BCUT2D eigenvalue weighted by atomic mass is 32.2. The maximum Gasteiger partial charge on any atom is 0.253 e. The number of aromatic nitrogens is 4. The SMILES string of the molecule is O=C1c2ccccc2S(=O)(=O)c2cc(C(=O)N3CCCC(c4nn[nH]n4)C3)ccc21. The number of hydrogen-bond donors (Lipinski definition) is 1. The largest absolute Gasteiger partial charge is 0.338 e. The van der Waals surface area contributed by atoms with Crippen molar-refractivity contribution in [3.8, 4) is 0 Å². The van der Waals surface area contributed by atoms with E-state index in [-0.39, 0.29) is 44.1 Å². The summed E-state index contributed by atoms with van der Waals surface area (Å²) < 4.78 is 26.2. The Kier molecular flexibility index (Phi) is 4.24. The van der Waals surface area contributed by atoms with Gasteiger partial charge in [-0.3, -0.25) is 9.59 Å². The number of likely N-dealkylation sites (tertiary alicyclic amines) is 1. The zero-order valence-corrected chi connectivity index (χ0v) is 16.6. The summed E-state index contributed by atoms with van der Waals surface area (Å²) in [5, 5.41) is 14.0. The average Bonchev–Trinajstić information content (AvgIpc) is 3.32. The average molecular weight is 423 g/mol. The van der Waals surface area contributed by atoms with Crippen LogP contribution in [0.25, 0.3) is 0 Å². The van der Waals surface area contributed by atoms with E-state index in [1.54, 1.807) is 17.0 Å². The van der Waals surface area contributed by atoms with Crippen LogP contribution in [0.2, 0.25) is 0 Å². The maximum atomic E-state index is 13.1. The first-order chi connectivity index (χ1) is 14.5. The van der Waals surface area contributed by atoms with Gasteiger partial charge in [-0.15, -0.1) is 10.2 Å². The molecular formula is C20H17N5O4S. The van der Waals surface area contributed by atoms with E-state index in [2.05, 4.69) is 20.6 Å². The molecule has 3 heterocycles. The zero-order valence-electron chi connectivity index (χ0n) is 15.8. The van der Waals surface area contributed by atoms with Crippen molar-refractivity contribution in [2.75, 3.05) is 13.1 Å². The normalized spacial score (nSPS) is 19.8. The molecule has 1 unspecified atom stereocenters. The lowest BCUT2D eigenvalue weighted by molar-refractivity contribution is 0.0704. The first-order valence-electron chi connectivity index (χ1n) is 9.52. The molecular weight excluding hydrogens is 406 g/mol. The Morgan fingerprint density at radius 2 is 1.90 bits per heavy atom. The van der Waals surface area contributed by atoms with Crippen LogP contribution in [0.5, 0.6) is 0 Å². The summed E-state index contributed by atoms with van der Waals surface area (Å²) in [6.45, 7) is 0.975. The summed E-state index contributed by atoms with van der Waals surface area (Å²) in [4.78, 5) is 27.4. The number of rotatable bonds is 2. The molecule has 1 atom stereocenters. The number of hydrogen-bond acceptors (Lipinski definition) is 7. The van der Waals surface area contributed by atoms with E-state index < -0.39 is 9.84 Å². The predicted octanol–water partition coefficient (Wildman–Crippen LogP) is 1.60. The Labute approximate surface area is 172 Å². The minimum Gasteiger partial charge on any atom is -0.338 e. The van der Waals surface area contributed by atoms with Gasteiger partial charge in [-0.2, -0.15) is 5.21 Å². The third kappa shape index (κ3) is 2.83. The monoisotopic (exact) mass is 423 g/mol. The van der Waals surface area contributed by atoms with E-state index in [1.165, 1.54) is 30.3 Å². The minimum atomic E-state index is -3.89.